The molecule has 1 nitrogen and oxygen atoms in total. The number of rotatable bonds is 2. The lowest BCUT2D eigenvalue weighted by Crippen LogP contribution is -2.38. The summed E-state index contributed by atoms with van der Waals surface area (Å²) in [5.74, 6) is 1.47. The third-order valence-corrected chi connectivity index (χ3v) is 4.88. The predicted octanol–water partition coefficient (Wildman–Crippen LogP) is 3.99. The molecule has 0 bridgehead atoms. The number of ether oxygens (including phenoxy) is 1. The summed E-state index contributed by atoms with van der Waals surface area (Å²) in [6, 6.07) is 0. The number of halogens is 1. The van der Waals surface area contributed by atoms with Gasteiger partial charge in [0.05, 0.1) is 6.10 Å². The van der Waals surface area contributed by atoms with Gasteiger partial charge in [-0.2, -0.15) is 0 Å². The molecule has 4 unspecified atom stereocenters. The summed E-state index contributed by atoms with van der Waals surface area (Å²) in [5.41, 5.74) is 0. The molecule has 2 aliphatic rings. The summed E-state index contributed by atoms with van der Waals surface area (Å²) >= 11 is 6.48. The maximum atomic E-state index is 6.48. The molecule has 0 saturated heterocycles. The highest BCUT2D eigenvalue weighted by molar-refractivity contribution is 6.20. The second-order valence-corrected chi connectivity index (χ2v) is 5.75. The molecule has 2 rings (SSSR count). The summed E-state index contributed by atoms with van der Waals surface area (Å²) < 4.78 is 5.65. The molecule has 0 radical (unpaired) electrons. The Bertz CT molecular complexity index is 195. The fourth-order valence-corrected chi connectivity index (χ4v) is 3.97. The van der Waals surface area contributed by atoms with Crippen LogP contribution in [0.3, 0.4) is 0 Å². The number of methoxy groups -OCH3 is 1. The predicted molar refractivity (Wildman–Crippen MR) is 64.4 cm³/mol. The molecule has 2 saturated carbocycles. The van der Waals surface area contributed by atoms with Crippen LogP contribution >= 0.6 is 11.6 Å². The molecule has 0 aromatic rings. The van der Waals surface area contributed by atoms with E-state index in [-0.39, 0.29) is 0 Å². The van der Waals surface area contributed by atoms with Crippen LogP contribution in [0.25, 0.3) is 0 Å². The van der Waals surface area contributed by atoms with E-state index in [0.29, 0.717) is 11.5 Å². The number of hydrogen-bond acceptors (Lipinski definition) is 1. The zero-order valence-corrected chi connectivity index (χ0v) is 10.5. The van der Waals surface area contributed by atoms with Crippen LogP contribution in [0.2, 0.25) is 0 Å². The minimum atomic E-state index is 0.416. The van der Waals surface area contributed by atoms with Crippen LogP contribution in [0, 0.1) is 11.8 Å². The van der Waals surface area contributed by atoms with Crippen molar-refractivity contribution in [2.24, 2.45) is 11.8 Å². The SMILES string of the molecule is COC1CCCCC1C1CCCCC1Cl. The minimum absolute atomic E-state index is 0.416. The molecular weight excluding hydrogens is 208 g/mol. The van der Waals surface area contributed by atoms with Crippen LogP contribution in [0.5, 0.6) is 0 Å². The van der Waals surface area contributed by atoms with Gasteiger partial charge in [-0.25, -0.2) is 0 Å². The molecule has 2 heteroatoms. The van der Waals surface area contributed by atoms with Crippen LogP contribution in [0.4, 0.5) is 0 Å². The summed E-state index contributed by atoms with van der Waals surface area (Å²) in [5, 5.41) is 0.416. The molecule has 0 aromatic heterocycles. The second-order valence-electron chi connectivity index (χ2n) is 5.19. The smallest absolute Gasteiger partial charge is 0.0602 e. The summed E-state index contributed by atoms with van der Waals surface area (Å²) in [6.45, 7) is 0. The fourth-order valence-electron chi connectivity index (χ4n) is 3.50. The van der Waals surface area contributed by atoms with Crippen molar-refractivity contribution in [2.75, 3.05) is 7.11 Å². The van der Waals surface area contributed by atoms with E-state index >= 15 is 0 Å². The Balaban J connectivity index is 1.99. The van der Waals surface area contributed by atoms with Crippen molar-refractivity contribution in [3.63, 3.8) is 0 Å². The molecule has 4 atom stereocenters. The van der Waals surface area contributed by atoms with Gasteiger partial charge in [-0.3, -0.25) is 0 Å². The molecule has 0 aromatic carbocycles. The first-order valence-corrected chi connectivity index (χ1v) is 6.93. The van der Waals surface area contributed by atoms with Crippen molar-refractivity contribution in [1.29, 1.82) is 0 Å². The van der Waals surface area contributed by atoms with E-state index in [1.54, 1.807) is 0 Å². The van der Waals surface area contributed by atoms with Crippen LogP contribution in [-0.4, -0.2) is 18.6 Å². The van der Waals surface area contributed by atoms with Crippen LogP contribution < -0.4 is 0 Å². The van der Waals surface area contributed by atoms with E-state index in [2.05, 4.69) is 0 Å². The average Bonchev–Trinajstić information content (AvgIpc) is 2.30. The van der Waals surface area contributed by atoms with E-state index in [1.165, 1.54) is 51.4 Å². The van der Waals surface area contributed by atoms with Gasteiger partial charge in [0, 0.05) is 12.5 Å². The Kier molecular flexibility index (Phi) is 4.33. The quantitative estimate of drug-likeness (QED) is 0.652. The normalized spacial score (nSPS) is 42.8. The topological polar surface area (TPSA) is 9.23 Å². The van der Waals surface area contributed by atoms with Gasteiger partial charge >= 0.3 is 0 Å². The van der Waals surface area contributed by atoms with Gasteiger partial charge < -0.3 is 4.74 Å². The molecule has 0 heterocycles. The molecule has 0 aliphatic heterocycles. The highest BCUT2D eigenvalue weighted by Gasteiger charge is 2.36. The zero-order chi connectivity index (χ0) is 10.7. The van der Waals surface area contributed by atoms with Gasteiger partial charge in [-0.15, -0.1) is 11.6 Å². The van der Waals surface area contributed by atoms with Crippen molar-refractivity contribution in [2.45, 2.75) is 62.8 Å². The second kappa shape index (κ2) is 5.54. The van der Waals surface area contributed by atoms with E-state index in [9.17, 15) is 0 Å². The standard InChI is InChI=1S/C13H23ClO/c1-15-13-9-5-3-7-11(13)10-6-2-4-8-12(10)14/h10-13H,2-9H2,1H3. The van der Waals surface area contributed by atoms with Gasteiger partial charge in [-0.05, 0) is 37.5 Å². The molecule has 0 N–H and O–H groups in total. The molecule has 15 heavy (non-hydrogen) atoms. The van der Waals surface area contributed by atoms with Crippen molar-refractivity contribution in [3.05, 3.63) is 0 Å². The Morgan fingerprint density at radius 1 is 0.867 bits per heavy atom. The van der Waals surface area contributed by atoms with Gasteiger partial charge in [0.15, 0.2) is 0 Å². The van der Waals surface area contributed by atoms with Crippen molar-refractivity contribution >= 4 is 11.6 Å². The Morgan fingerprint density at radius 2 is 1.47 bits per heavy atom. The van der Waals surface area contributed by atoms with Gasteiger partial charge in [0.2, 0.25) is 0 Å². The summed E-state index contributed by atoms with van der Waals surface area (Å²) in [7, 11) is 1.87. The zero-order valence-electron chi connectivity index (χ0n) is 9.75. The van der Waals surface area contributed by atoms with E-state index in [4.69, 9.17) is 16.3 Å². The minimum Gasteiger partial charge on any atom is -0.381 e. The third kappa shape index (κ3) is 2.68. The lowest BCUT2D eigenvalue weighted by Gasteiger charge is -2.40. The summed E-state index contributed by atoms with van der Waals surface area (Å²) in [4.78, 5) is 0. The lowest BCUT2D eigenvalue weighted by atomic mass is 9.71. The average molecular weight is 231 g/mol. The third-order valence-electron chi connectivity index (χ3n) is 4.34. The number of alkyl halides is 1. The van der Waals surface area contributed by atoms with Gasteiger partial charge in [-0.1, -0.05) is 25.7 Å². The van der Waals surface area contributed by atoms with Crippen molar-refractivity contribution < 1.29 is 4.74 Å². The first kappa shape index (κ1) is 11.7. The van der Waals surface area contributed by atoms with Crippen molar-refractivity contribution in [1.82, 2.24) is 0 Å². The van der Waals surface area contributed by atoms with Crippen LogP contribution in [-0.2, 0) is 4.74 Å². The van der Waals surface area contributed by atoms with E-state index in [0.717, 1.165) is 11.8 Å². The first-order valence-electron chi connectivity index (χ1n) is 6.50. The van der Waals surface area contributed by atoms with Gasteiger partial charge in [0.25, 0.3) is 0 Å². The van der Waals surface area contributed by atoms with Gasteiger partial charge in [0.1, 0.15) is 0 Å². The van der Waals surface area contributed by atoms with E-state index in [1.807, 2.05) is 7.11 Å². The molecular formula is C13H23ClO. The van der Waals surface area contributed by atoms with Crippen LogP contribution in [0.15, 0.2) is 0 Å². The van der Waals surface area contributed by atoms with E-state index < -0.39 is 0 Å². The number of hydrogen-bond donors (Lipinski definition) is 0. The molecule has 88 valence electrons. The Labute approximate surface area is 98.5 Å². The Hall–Kier alpha value is 0.250. The maximum Gasteiger partial charge on any atom is 0.0602 e. The Morgan fingerprint density at radius 3 is 2.13 bits per heavy atom. The first-order chi connectivity index (χ1) is 7.33. The lowest BCUT2D eigenvalue weighted by molar-refractivity contribution is -0.00798. The van der Waals surface area contributed by atoms with Crippen molar-refractivity contribution in [3.8, 4) is 0 Å². The summed E-state index contributed by atoms with van der Waals surface area (Å²) in [6.07, 6.45) is 11.1. The maximum absolute atomic E-state index is 6.48. The largest absolute Gasteiger partial charge is 0.381 e. The molecule has 0 spiro atoms. The molecule has 2 aliphatic carbocycles. The monoisotopic (exact) mass is 230 g/mol. The molecule has 2 fully saturated rings. The van der Waals surface area contributed by atoms with Crippen LogP contribution in [0.1, 0.15) is 51.4 Å². The fraction of sp³-hybridized carbons (Fsp3) is 1.00. The highest BCUT2D eigenvalue weighted by Crippen LogP contribution is 2.41. The molecule has 0 amide bonds. The highest BCUT2D eigenvalue weighted by atomic mass is 35.5.